The van der Waals surface area contributed by atoms with Crippen molar-refractivity contribution in [2.24, 2.45) is 0 Å². The van der Waals surface area contributed by atoms with Crippen LogP contribution in [0.15, 0.2) is 12.1 Å². The SMILES string of the molecule is CC(=O)NC(=O)c1cc(C(F)(F)F)cc(C(F)(F)F)c1I=O. The van der Waals surface area contributed by atoms with Gasteiger partial charge in [0.1, 0.15) is 0 Å². The molecule has 0 heterocycles. The molecule has 0 saturated heterocycles. The van der Waals surface area contributed by atoms with Gasteiger partial charge in [0.05, 0.1) is 20.3 Å². The monoisotopic (exact) mass is 441 g/mol. The summed E-state index contributed by atoms with van der Waals surface area (Å²) in [4.78, 5) is 22.4. The van der Waals surface area contributed by atoms with E-state index in [2.05, 4.69) is 0 Å². The number of halogens is 7. The Kier molecular flexibility index (Phi) is 5.30. The normalized spacial score (nSPS) is 12.1. The smallest absolute Gasteiger partial charge is 0.293 e. The van der Waals surface area contributed by atoms with Gasteiger partial charge < -0.3 is 0 Å². The number of carbonyl (C=O) groups is 2. The van der Waals surface area contributed by atoms with Crippen molar-refractivity contribution < 1.29 is 39.0 Å². The van der Waals surface area contributed by atoms with Gasteiger partial charge in [0, 0.05) is 6.92 Å². The van der Waals surface area contributed by atoms with Crippen LogP contribution in [0.4, 0.5) is 26.3 Å². The van der Waals surface area contributed by atoms with Gasteiger partial charge in [-0.05, 0) is 12.1 Å². The summed E-state index contributed by atoms with van der Waals surface area (Å²) in [5, 5.41) is 1.56. The van der Waals surface area contributed by atoms with E-state index in [0.29, 0.717) is 0 Å². The van der Waals surface area contributed by atoms with Crippen LogP contribution in [0.1, 0.15) is 28.4 Å². The van der Waals surface area contributed by atoms with Gasteiger partial charge in [-0.15, -0.1) is 0 Å². The first-order chi connectivity index (χ1) is 9.87. The van der Waals surface area contributed by atoms with E-state index in [-0.39, 0.29) is 12.1 Å². The first-order valence-corrected chi connectivity index (χ1v) is 7.25. The maximum absolute atomic E-state index is 12.8. The number of alkyl halides is 6. The number of benzene rings is 1. The molecule has 0 aliphatic heterocycles. The lowest BCUT2D eigenvalue weighted by Crippen LogP contribution is -2.30. The van der Waals surface area contributed by atoms with Gasteiger partial charge >= 0.3 is 12.4 Å². The summed E-state index contributed by atoms with van der Waals surface area (Å²) in [6, 6.07) is -0.0715. The molecular formula is C11H6F6INO3. The Morgan fingerprint density at radius 1 is 1.05 bits per heavy atom. The fraction of sp³-hybridized carbons (Fsp3) is 0.273. The van der Waals surface area contributed by atoms with E-state index >= 15 is 0 Å². The third kappa shape index (κ3) is 4.24. The van der Waals surface area contributed by atoms with Crippen molar-refractivity contribution in [2.75, 3.05) is 0 Å². The average molecular weight is 441 g/mol. The van der Waals surface area contributed by atoms with Gasteiger partial charge in [-0.1, -0.05) is 0 Å². The number of imide groups is 1. The highest BCUT2D eigenvalue weighted by Gasteiger charge is 2.40. The minimum atomic E-state index is -5.23. The van der Waals surface area contributed by atoms with E-state index in [1.165, 1.54) is 0 Å². The number of rotatable bonds is 2. The summed E-state index contributed by atoms with van der Waals surface area (Å²) >= 11 is -2.62. The molecule has 0 bridgehead atoms. The zero-order chi connectivity index (χ0) is 17.3. The molecule has 4 nitrogen and oxygen atoms in total. The Labute approximate surface area is 129 Å². The standard InChI is InChI=1S/C11H6F6INO3/c1-4(20)19-9(21)6-2-5(10(12,13)14)3-7(8(6)18-22)11(15,16)17/h2-3H,1H3,(H,19,20,21). The third-order valence-corrected chi connectivity index (χ3v) is 3.92. The summed E-state index contributed by atoms with van der Waals surface area (Å²) in [6.45, 7) is 0.849. The summed E-state index contributed by atoms with van der Waals surface area (Å²) in [6.07, 6.45) is -10.4. The molecule has 122 valence electrons. The highest BCUT2D eigenvalue weighted by atomic mass is 127. The van der Waals surface area contributed by atoms with Crippen LogP contribution in [-0.2, 0) is 20.2 Å². The molecule has 0 atom stereocenters. The fourth-order valence-corrected chi connectivity index (χ4v) is 2.81. The summed E-state index contributed by atoms with van der Waals surface area (Å²) in [5.41, 5.74) is -4.62. The quantitative estimate of drug-likeness (QED) is 0.565. The molecule has 1 aromatic carbocycles. The second-order valence-corrected chi connectivity index (χ2v) is 5.49. The third-order valence-electron chi connectivity index (χ3n) is 2.32. The van der Waals surface area contributed by atoms with Crippen molar-refractivity contribution in [3.8, 4) is 0 Å². The molecular weight excluding hydrogens is 435 g/mol. The predicted octanol–water partition coefficient (Wildman–Crippen LogP) is 3.49. The van der Waals surface area contributed by atoms with Gasteiger partial charge in [0.25, 0.3) is 5.91 Å². The number of nitrogens with one attached hydrogen (secondary N) is 1. The number of carbonyl (C=O) groups excluding carboxylic acids is 2. The van der Waals surface area contributed by atoms with Crippen molar-refractivity contribution in [1.29, 1.82) is 0 Å². The van der Waals surface area contributed by atoms with Gasteiger partial charge in [0.15, 0.2) is 21.2 Å². The largest absolute Gasteiger partial charge is 0.417 e. The van der Waals surface area contributed by atoms with E-state index in [4.69, 9.17) is 0 Å². The molecule has 1 aromatic rings. The minimum Gasteiger partial charge on any atom is -0.293 e. The highest BCUT2D eigenvalue weighted by molar-refractivity contribution is 14.1. The molecule has 0 unspecified atom stereocenters. The van der Waals surface area contributed by atoms with Crippen LogP contribution in [-0.4, -0.2) is 11.8 Å². The second-order valence-electron chi connectivity index (χ2n) is 3.97. The molecule has 0 spiro atoms. The average Bonchev–Trinajstić information content (AvgIpc) is 2.33. The van der Waals surface area contributed by atoms with Crippen molar-refractivity contribution in [3.05, 3.63) is 32.4 Å². The van der Waals surface area contributed by atoms with Crippen LogP contribution >= 0.6 is 21.2 Å². The van der Waals surface area contributed by atoms with Crippen LogP contribution in [0, 0.1) is 3.57 Å². The molecule has 0 radical (unpaired) electrons. The lowest BCUT2D eigenvalue weighted by atomic mass is 10.0. The van der Waals surface area contributed by atoms with Crippen LogP contribution in [0.2, 0.25) is 0 Å². The molecule has 1 rings (SSSR count). The molecule has 0 fully saturated rings. The Hall–Kier alpha value is -1.53. The molecule has 0 saturated carbocycles. The topological polar surface area (TPSA) is 63.2 Å². The van der Waals surface area contributed by atoms with E-state index in [9.17, 15) is 39.0 Å². The van der Waals surface area contributed by atoms with E-state index in [1.54, 1.807) is 5.32 Å². The highest BCUT2D eigenvalue weighted by Crippen LogP contribution is 2.40. The van der Waals surface area contributed by atoms with E-state index in [1.807, 2.05) is 0 Å². The first kappa shape index (κ1) is 18.5. The Balaban J connectivity index is 3.69. The molecule has 0 aromatic heterocycles. The van der Waals surface area contributed by atoms with Gasteiger partial charge in [0.2, 0.25) is 5.91 Å². The van der Waals surface area contributed by atoms with Gasteiger partial charge in [-0.25, -0.2) is 0 Å². The lowest BCUT2D eigenvalue weighted by Gasteiger charge is -2.16. The summed E-state index contributed by atoms with van der Waals surface area (Å²) in [7, 11) is 0. The van der Waals surface area contributed by atoms with Crippen molar-refractivity contribution >= 4 is 33.0 Å². The van der Waals surface area contributed by atoms with Crippen LogP contribution < -0.4 is 5.32 Å². The molecule has 22 heavy (non-hydrogen) atoms. The van der Waals surface area contributed by atoms with Gasteiger partial charge in [-0.2, -0.15) is 26.3 Å². The fourth-order valence-electron chi connectivity index (χ4n) is 1.47. The Morgan fingerprint density at radius 3 is 1.95 bits per heavy atom. The molecule has 0 aliphatic carbocycles. The summed E-state index contributed by atoms with van der Waals surface area (Å²) in [5.74, 6) is -2.46. The Morgan fingerprint density at radius 2 is 1.59 bits per heavy atom. The van der Waals surface area contributed by atoms with E-state index < -0.39 is 65.6 Å². The second kappa shape index (κ2) is 6.30. The maximum Gasteiger partial charge on any atom is 0.417 e. The number of hydrogen-bond donors (Lipinski definition) is 1. The van der Waals surface area contributed by atoms with Crippen LogP contribution in [0.3, 0.4) is 0 Å². The molecule has 0 aliphatic rings. The maximum atomic E-state index is 12.8. The zero-order valence-corrected chi connectivity index (χ0v) is 12.7. The molecule has 11 heteroatoms. The first-order valence-electron chi connectivity index (χ1n) is 5.29. The minimum absolute atomic E-state index is 0.139. The Bertz CT molecular complexity index is 638. The van der Waals surface area contributed by atoms with Crippen molar-refractivity contribution in [3.63, 3.8) is 0 Å². The zero-order valence-electron chi connectivity index (χ0n) is 10.5. The van der Waals surface area contributed by atoms with Crippen LogP contribution in [0.5, 0.6) is 0 Å². The number of amides is 2. The van der Waals surface area contributed by atoms with Gasteiger partial charge in [-0.3, -0.25) is 18.0 Å². The lowest BCUT2D eigenvalue weighted by molar-refractivity contribution is -0.143. The predicted molar refractivity (Wildman–Crippen MR) is 68.0 cm³/mol. The van der Waals surface area contributed by atoms with E-state index in [0.717, 1.165) is 6.92 Å². The summed E-state index contributed by atoms with van der Waals surface area (Å²) < 4.78 is 86.4. The van der Waals surface area contributed by atoms with Crippen molar-refractivity contribution in [1.82, 2.24) is 5.32 Å². The number of hydrogen-bond acceptors (Lipinski definition) is 3. The van der Waals surface area contributed by atoms with Crippen LogP contribution in [0.25, 0.3) is 0 Å². The van der Waals surface area contributed by atoms with Crippen molar-refractivity contribution in [2.45, 2.75) is 19.3 Å². The molecule has 2 amide bonds. The molecule has 1 N–H and O–H groups in total.